The molecule has 0 saturated carbocycles. The minimum Gasteiger partial charge on any atom is -0.497 e. The molecule has 5 nitrogen and oxygen atoms in total. The monoisotopic (exact) mass is 285 g/mol. The van der Waals surface area contributed by atoms with Gasteiger partial charge in [-0.15, -0.1) is 0 Å². The minimum absolute atomic E-state index is 0.0154. The smallest absolute Gasteiger partial charge is 0.260 e. The molecule has 2 aromatic carbocycles. The third kappa shape index (κ3) is 2.43. The highest BCUT2D eigenvalue weighted by molar-refractivity contribution is 5.72. The van der Waals surface area contributed by atoms with Gasteiger partial charge in [0.25, 0.3) is 5.89 Å². The summed E-state index contributed by atoms with van der Waals surface area (Å²) >= 11 is 0. The van der Waals surface area contributed by atoms with Crippen LogP contribution in [0, 0.1) is 5.82 Å². The van der Waals surface area contributed by atoms with Crippen molar-refractivity contribution >= 4 is 5.69 Å². The highest BCUT2D eigenvalue weighted by Gasteiger charge is 2.15. The van der Waals surface area contributed by atoms with E-state index in [0.717, 1.165) is 5.56 Å². The van der Waals surface area contributed by atoms with Crippen LogP contribution in [0.1, 0.15) is 0 Å². The number of nitrogens with zero attached hydrogens (tertiary/aromatic N) is 2. The van der Waals surface area contributed by atoms with Crippen LogP contribution < -0.4 is 10.5 Å². The molecule has 2 N–H and O–H groups in total. The Kier molecular flexibility index (Phi) is 3.27. The molecule has 6 heteroatoms. The fourth-order valence-electron chi connectivity index (χ4n) is 1.94. The van der Waals surface area contributed by atoms with Crippen molar-refractivity contribution < 1.29 is 13.7 Å². The van der Waals surface area contributed by atoms with E-state index in [-0.39, 0.29) is 11.6 Å². The maximum Gasteiger partial charge on any atom is 0.260 e. The highest BCUT2D eigenvalue weighted by atomic mass is 19.1. The van der Waals surface area contributed by atoms with Crippen LogP contribution in [0.4, 0.5) is 10.1 Å². The number of rotatable bonds is 3. The number of ether oxygens (including phenoxy) is 1. The van der Waals surface area contributed by atoms with E-state index in [4.69, 9.17) is 15.0 Å². The SMILES string of the molecule is COc1cccc(-c2noc(-c3cccc(F)c3N)n2)c1. The molecule has 0 aliphatic heterocycles. The summed E-state index contributed by atoms with van der Waals surface area (Å²) in [7, 11) is 1.58. The molecule has 0 amide bonds. The summed E-state index contributed by atoms with van der Waals surface area (Å²) in [5.41, 5.74) is 6.78. The molecule has 0 atom stereocenters. The van der Waals surface area contributed by atoms with E-state index < -0.39 is 5.82 Å². The molecular formula is C15H12FN3O2. The van der Waals surface area contributed by atoms with Gasteiger partial charge in [0.15, 0.2) is 0 Å². The van der Waals surface area contributed by atoms with Crippen LogP contribution in [0.3, 0.4) is 0 Å². The fraction of sp³-hybridized carbons (Fsp3) is 0.0667. The average molecular weight is 285 g/mol. The zero-order valence-corrected chi connectivity index (χ0v) is 11.2. The number of hydrogen-bond donors (Lipinski definition) is 1. The largest absolute Gasteiger partial charge is 0.497 e. The number of anilines is 1. The highest BCUT2D eigenvalue weighted by Crippen LogP contribution is 2.29. The number of benzene rings is 2. The number of halogens is 1. The Morgan fingerprint density at radius 3 is 2.81 bits per heavy atom. The molecule has 0 saturated heterocycles. The van der Waals surface area contributed by atoms with Crippen LogP contribution in [0.15, 0.2) is 47.0 Å². The Morgan fingerprint density at radius 1 is 1.19 bits per heavy atom. The second kappa shape index (κ2) is 5.24. The van der Waals surface area contributed by atoms with Crippen LogP contribution in [0.5, 0.6) is 5.75 Å². The summed E-state index contributed by atoms with van der Waals surface area (Å²) in [6.45, 7) is 0. The molecule has 0 unspecified atom stereocenters. The molecule has 106 valence electrons. The molecular weight excluding hydrogens is 273 g/mol. The van der Waals surface area contributed by atoms with E-state index in [2.05, 4.69) is 10.1 Å². The predicted molar refractivity (Wildman–Crippen MR) is 76.1 cm³/mol. The Balaban J connectivity index is 2.01. The van der Waals surface area contributed by atoms with E-state index in [1.165, 1.54) is 12.1 Å². The summed E-state index contributed by atoms with van der Waals surface area (Å²) in [5.74, 6) is 0.718. The van der Waals surface area contributed by atoms with Crippen molar-refractivity contribution in [3.63, 3.8) is 0 Å². The van der Waals surface area contributed by atoms with Gasteiger partial charge in [-0.25, -0.2) is 4.39 Å². The first kappa shape index (κ1) is 13.1. The van der Waals surface area contributed by atoms with Gasteiger partial charge in [-0.1, -0.05) is 23.4 Å². The van der Waals surface area contributed by atoms with Gasteiger partial charge >= 0.3 is 0 Å². The van der Waals surface area contributed by atoms with Gasteiger partial charge in [-0.05, 0) is 24.3 Å². The molecule has 0 aliphatic carbocycles. The maximum absolute atomic E-state index is 13.5. The van der Waals surface area contributed by atoms with E-state index >= 15 is 0 Å². The summed E-state index contributed by atoms with van der Waals surface area (Å²) in [6.07, 6.45) is 0. The van der Waals surface area contributed by atoms with Crippen LogP contribution >= 0.6 is 0 Å². The lowest BCUT2D eigenvalue weighted by molar-refractivity contribution is 0.414. The second-order valence-corrected chi connectivity index (χ2v) is 4.36. The Morgan fingerprint density at radius 2 is 2.00 bits per heavy atom. The molecule has 0 radical (unpaired) electrons. The van der Waals surface area contributed by atoms with Crippen LogP contribution in [0.2, 0.25) is 0 Å². The number of hydrogen-bond acceptors (Lipinski definition) is 5. The minimum atomic E-state index is -0.520. The lowest BCUT2D eigenvalue weighted by atomic mass is 10.1. The van der Waals surface area contributed by atoms with Crippen LogP contribution in [0.25, 0.3) is 22.8 Å². The first-order chi connectivity index (χ1) is 10.2. The van der Waals surface area contributed by atoms with Gasteiger partial charge in [0.1, 0.15) is 11.6 Å². The van der Waals surface area contributed by atoms with Crippen molar-refractivity contribution in [3.05, 3.63) is 48.3 Å². The topological polar surface area (TPSA) is 74.2 Å². The molecule has 21 heavy (non-hydrogen) atoms. The molecule has 3 rings (SSSR count). The van der Waals surface area contributed by atoms with Gasteiger partial charge in [0.2, 0.25) is 5.82 Å². The van der Waals surface area contributed by atoms with E-state index in [1.807, 2.05) is 18.2 Å². The first-order valence-corrected chi connectivity index (χ1v) is 6.21. The van der Waals surface area contributed by atoms with Gasteiger partial charge < -0.3 is 15.0 Å². The predicted octanol–water partition coefficient (Wildman–Crippen LogP) is 3.13. The first-order valence-electron chi connectivity index (χ1n) is 6.21. The Labute approximate surface area is 120 Å². The van der Waals surface area contributed by atoms with Crippen molar-refractivity contribution in [3.8, 4) is 28.6 Å². The maximum atomic E-state index is 13.5. The standard InChI is InChI=1S/C15H12FN3O2/c1-20-10-5-2-4-9(8-10)14-18-15(21-19-14)11-6-3-7-12(16)13(11)17/h2-8H,17H2,1H3. The lowest BCUT2D eigenvalue weighted by Gasteiger charge is -2.01. The van der Waals surface area contributed by atoms with E-state index in [0.29, 0.717) is 17.1 Å². The molecule has 1 aromatic heterocycles. The fourth-order valence-corrected chi connectivity index (χ4v) is 1.94. The van der Waals surface area contributed by atoms with E-state index in [9.17, 15) is 4.39 Å². The summed E-state index contributed by atoms with van der Waals surface area (Å²) in [6, 6.07) is 11.7. The van der Waals surface area contributed by atoms with E-state index in [1.54, 1.807) is 19.2 Å². The zero-order valence-electron chi connectivity index (χ0n) is 11.2. The van der Waals surface area contributed by atoms with Gasteiger partial charge in [-0.2, -0.15) is 4.98 Å². The van der Waals surface area contributed by atoms with Crippen molar-refractivity contribution in [2.24, 2.45) is 0 Å². The number of aromatic nitrogens is 2. The van der Waals surface area contributed by atoms with Crippen LogP contribution in [-0.2, 0) is 0 Å². The third-order valence-electron chi connectivity index (χ3n) is 3.04. The molecule has 0 fully saturated rings. The van der Waals surface area contributed by atoms with Crippen molar-refractivity contribution in [1.82, 2.24) is 10.1 Å². The summed E-state index contributed by atoms with van der Waals surface area (Å²) in [5, 5.41) is 3.89. The van der Waals surface area contributed by atoms with Crippen molar-refractivity contribution in [1.29, 1.82) is 0 Å². The number of nitrogen functional groups attached to an aromatic ring is 1. The average Bonchev–Trinajstić information content (AvgIpc) is 3.00. The van der Waals surface area contributed by atoms with Crippen LogP contribution in [-0.4, -0.2) is 17.3 Å². The quantitative estimate of drug-likeness (QED) is 0.748. The molecule has 1 heterocycles. The molecule has 3 aromatic rings. The Hall–Kier alpha value is -2.89. The number of nitrogens with two attached hydrogens (primary N) is 1. The lowest BCUT2D eigenvalue weighted by Crippen LogP contribution is -1.94. The number of para-hydroxylation sites is 1. The summed E-state index contributed by atoms with van der Waals surface area (Å²) in [4.78, 5) is 4.25. The van der Waals surface area contributed by atoms with Crippen molar-refractivity contribution in [2.75, 3.05) is 12.8 Å². The van der Waals surface area contributed by atoms with Gasteiger partial charge in [-0.3, -0.25) is 0 Å². The third-order valence-corrected chi connectivity index (χ3v) is 3.04. The van der Waals surface area contributed by atoms with Gasteiger partial charge in [0, 0.05) is 5.56 Å². The van der Waals surface area contributed by atoms with Crippen molar-refractivity contribution in [2.45, 2.75) is 0 Å². The molecule has 0 spiro atoms. The zero-order chi connectivity index (χ0) is 14.8. The molecule has 0 aliphatic rings. The van der Waals surface area contributed by atoms with Gasteiger partial charge in [0.05, 0.1) is 18.4 Å². The number of methoxy groups -OCH3 is 1. The second-order valence-electron chi connectivity index (χ2n) is 4.36. The summed E-state index contributed by atoms with van der Waals surface area (Å²) < 4.78 is 23.8. The molecule has 0 bridgehead atoms. The normalized spacial score (nSPS) is 10.6. The Bertz CT molecular complexity index is 786.